The Morgan fingerprint density at radius 1 is 1.09 bits per heavy atom. The molecule has 0 saturated heterocycles. The Bertz CT molecular complexity index is 1390. The van der Waals surface area contributed by atoms with Crippen LogP contribution in [0.25, 0.3) is 16.6 Å². The largest absolute Gasteiger partial charge is 0.350 e. The first-order valence-corrected chi connectivity index (χ1v) is 10.8. The van der Waals surface area contributed by atoms with Crippen LogP contribution in [0.5, 0.6) is 0 Å². The van der Waals surface area contributed by atoms with Crippen molar-refractivity contribution in [2.24, 2.45) is 0 Å². The van der Waals surface area contributed by atoms with E-state index < -0.39 is 0 Å². The average molecular weight is 448 g/mol. The van der Waals surface area contributed by atoms with Crippen LogP contribution < -0.4 is 10.9 Å². The number of hydrogen-bond acceptors (Lipinski definition) is 4. The molecule has 2 aromatic heterocycles. The van der Waals surface area contributed by atoms with E-state index in [4.69, 9.17) is 0 Å². The lowest BCUT2D eigenvalue weighted by Gasteiger charge is -2.13. The molecule has 0 aliphatic carbocycles. The highest BCUT2D eigenvalue weighted by Gasteiger charge is 2.20. The molecule has 1 N–H and O–H groups in total. The van der Waals surface area contributed by atoms with Crippen molar-refractivity contribution in [3.63, 3.8) is 0 Å². The fraction of sp³-hybridized carbons (Fsp3) is 0.280. The molecule has 4 rings (SSSR count). The van der Waals surface area contributed by atoms with Gasteiger partial charge in [-0.15, -0.1) is 0 Å². The molecule has 0 fully saturated rings. The van der Waals surface area contributed by atoms with Gasteiger partial charge in [-0.3, -0.25) is 9.59 Å². The van der Waals surface area contributed by atoms with Gasteiger partial charge in [-0.2, -0.15) is 10.2 Å². The molecule has 0 atom stereocenters. The molecule has 0 unspecified atom stereocenters. The fourth-order valence-electron chi connectivity index (χ4n) is 3.67. The van der Waals surface area contributed by atoms with Gasteiger partial charge < -0.3 is 5.32 Å². The maximum Gasteiger partial charge on any atom is 0.293 e. The lowest BCUT2D eigenvalue weighted by Crippen LogP contribution is -2.34. The van der Waals surface area contributed by atoms with E-state index in [9.17, 15) is 14.0 Å². The van der Waals surface area contributed by atoms with E-state index in [-0.39, 0.29) is 36.3 Å². The molecular weight excluding hydrogens is 421 g/mol. The van der Waals surface area contributed by atoms with Crippen molar-refractivity contribution < 1.29 is 9.18 Å². The lowest BCUT2D eigenvalue weighted by atomic mass is 10.1. The minimum absolute atomic E-state index is 0.0269. The Morgan fingerprint density at radius 3 is 2.48 bits per heavy atom. The summed E-state index contributed by atoms with van der Waals surface area (Å²) in [5.41, 5.74) is 4.48. The number of carbonyl (C=O) groups is 1. The fourth-order valence-corrected chi connectivity index (χ4v) is 3.67. The number of fused-ring (bicyclic) bond motifs is 1. The van der Waals surface area contributed by atoms with Crippen molar-refractivity contribution in [3.05, 3.63) is 87.2 Å². The number of nitrogens with one attached hydrogen (secondary N) is 1. The maximum absolute atomic E-state index is 13.4. The quantitative estimate of drug-likeness (QED) is 0.488. The van der Waals surface area contributed by atoms with Crippen molar-refractivity contribution in [1.82, 2.24) is 24.9 Å². The molecule has 7 nitrogen and oxygen atoms in total. The van der Waals surface area contributed by atoms with Crippen LogP contribution in [0.3, 0.4) is 0 Å². The Labute approximate surface area is 190 Å². The van der Waals surface area contributed by atoms with E-state index in [2.05, 4.69) is 15.5 Å². The third-order valence-electron chi connectivity index (χ3n) is 5.69. The van der Waals surface area contributed by atoms with Gasteiger partial charge in [0.1, 0.15) is 17.9 Å². The van der Waals surface area contributed by atoms with Crippen LogP contribution in [-0.4, -0.2) is 25.5 Å². The summed E-state index contributed by atoms with van der Waals surface area (Å²) in [6.45, 7) is 8.01. The van der Waals surface area contributed by atoms with E-state index in [1.165, 1.54) is 16.8 Å². The molecule has 1 amide bonds. The molecule has 0 aliphatic heterocycles. The maximum atomic E-state index is 13.4. The first-order valence-electron chi connectivity index (χ1n) is 10.8. The summed E-state index contributed by atoms with van der Waals surface area (Å²) in [5, 5.41) is 12.4. The zero-order chi connectivity index (χ0) is 23.7. The molecule has 33 heavy (non-hydrogen) atoms. The van der Waals surface area contributed by atoms with Crippen LogP contribution in [0.15, 0.2) is 53.5 Å². The molecular formula is C25H26FN5O2. The zero-order valence-corrected chi connectivity index (χ0v) is 19.1. The molecule has 4 aromatic rings. The van der Waals surface area contributed by atoms with Crippen LogP contribution in [-0.2, 0) is 17.9 Å². The van der Waals surface area contributed by atoms with Gasteiger partial charge in [-0.1, -0.05) is 32.0 Å². The smallest absolute Gasteiger partial charge is 0.293 e. The normalized spacial score (nSPS) is 11.3. The zero-order valence-electron chi connectivity index (χ0n) is 19.1. The summed E-state index contributed by atoms with van der Waals surface area (Å²) in [5.74, 6) is -0.671. The molecule has 0 radical (unpaired) electrons. The predicted octanol–water partition coefficient (Wildman–Crippen LogP) is 3.78. The van der Waals surface area contributed by atoms with Gasteiger partial charge >= 0.3 is 0 Å². The Kier molecular flexibility index (Phi) is 6.09. The Morgan fingerprint density at radius 2 is 1.82 bits per heavy atom. The number of halogens is 1. The first kappa shape index (κ1) is 22.4. The van der Waals surface area contributed by atoms with Crippen LogP contribution in [0.4, 0.5) is 4.39 Å². The van der Waals surface area contributed by atoms with E-state index >= 15 is 0 Å². The number of amides is 1. The topological polar surface area (TPSA) is 81.8 Å². The van der Waals surface area contributed by atoms with Crippen molar-refractivity contribution in [1.29, 1.82) is 0 Å². The summed E-state index contributed by atoms with van der Waals surface area (Å²) < 4.78 is 15.9. The van der Waals surface area contributed by atoms with Crippen molar-refractivity contribution in [2.45, 2.75) is 46.7 Å². The summed E-state index contributed by atoms with van der Waals surface area (Å²) in [4.78, 5) is 26.0. The predicted molar refractivity (Wildman–Crippen MR) is 125 cm³/mol. The molecule has 8 heteroatoms. The van der Waals surface area contributed by atoms with Gasteiger partial charge in [0.15, 0.2) is 0 Å². The number of rotatable bonds is 6. The molecule has 0 saturated carbocycles. The highest BCUT2D eigenvalue weighted by molar-refractivity contribution is 5.82. The SMILES string of the molecule is Cc1ccc(-n2ncc3c(C(C)C)nn(CC(=O)NCc4ccc(F)cc4)c(=O)c32)cc1C. The van der Waals surface area contributed by atoms with Crippen molar-refractivity contribution in [2.75, 3.05) is 0 Å². The number of aromatic nitrogens is 4. The van der Waals surface area contributed by atoms with Crippen LogP contribution >= 0.6 is 0 Å². The number of benzene rings is 2. The lowest BCUT2D eigenvalue weighted by molar-refractivity contribution is -0.122. The molecule has 0 bridgehead atoms. The van der Waals surface area contributed by atoms with Gasteiger partial charge in [-0.05, 0) is 60.7 Å². The number of nitrogens with zero attached hydrogens (tertiary/aromatic N) is 4. The van der Waals surface area contributed by atoms with Gasteiger partial charge in [-0.25, -0.2) is 13.8 Å². The highest BCUT2D eigenvalue weighted by Crippen LogP contribution is 2.23. The number of carbonyl (C=O) groups excluding carboxylic acids is 1. The van der Waals surface area contributed by atoms with Gasteiger partial charge in [0.2, 0.25) is 5.91 Å². The summed E-state index contributed by atoms with van der Waals surface area (Å²) in [7, 11) is 0. The minimum Gasteiger partial charge on any atom is -0.350 e. The van der Waals surface area contributed by atoms with Crippen LogP contribution in [0.1, 0.15) is 42.1 Å². The number of aryl methyl sites for hydroxylation is 2. The van der Waals surface area contributed by atoms with Crippen LogP contribution in [0, 0.1) is 19.7 Å². The van der Waals surface area contributed by atoms with E-state index in [0.29, 0.717) is 16.6 Å². The molecule has 2 aromatic carbocycles. The number of hydrogen-bond donors (Lipinski definition) is 1. The van der Waals surface area contributed by atoms with Crippen LogP contribution in [0.2, 0.25) is 0 Å². The summed E-state index contributed by atoms with van der Waals surface area (Å²) in [6.07, 6.45) is 1.66. The van der Waals surface area contributed by atoms with E-state index in [1.54, 1.807) is 23.0 Å². The van der Waals surface area contributed by atoms with Gasteiger partial charge in [0.05, 0.1) is 17.6 Å². The third-order valence-corrected chi connectivity index (χ3v) is 5.69. The highest BCUT2D eigenvalue weighted by atomic mass is 19.1. The van der Waals surface area contributed by atoms with E-state index in [1.807, 2.05) is 45.9 Å². The molecule has 2 heterocycles. The molecule has 0 spiro atoms. The third kappa shape index (κ3) is 4.55. The van der Waals surface area contributed by atoms with Crippen molar-refractivity contribution in [3.8, 4) is 5.69 Å². The summed E-state index contributed by atoms with van der Waals surface area (Å²) in [6, 6.07) is 11.8. The van der Waals surface area contributed by atoms with Crippen molar-refractivity contribution >= 4 is 16.8 Å². The second kappa shape index (κ2) is 8.97. The summed E-state index contributed by atoms with van der Waals surface area (Å²) >= 11 is 0. The van der Waals surface area contributed by atoms with Gasteiger partial charge in [0, 0.05) is 11.9 Å². The molecule has 0 aliphatic rings. The second-order valence-corrected chi connectivity index (χ2v) is 8.49. The standard InChI is InChI=1S/C25H26FN5O2/c1-15(2)23-21-13-28-31(20-10-5-16(3)17(4)11-20)24(21)25(33)30(29-23)14-22(32)27-12-18-6-8-19(26)9-7-18/h5-11,13,15H,12,14H2,1-4H3,(H,27,32). The Balaban J connectivity index is 1.70. The first-order chi connectivity index (χ1) is 15.7. The van der Waals surface area contributed by atoms with E-state index in [0.717, 1.165) is 22.4 Å². The second-order valence-electron chi connectivity index (χ2n) is 8.49. The Hall–Kier alpha value is -3.81. The monoisotopic (exact) mass is 447 g/mol. The molecule has 170 valence electrons. The average Bonchev–Trinajstić information content (AvgIpc) is 3.22. The van der Waals surface area contributed by atoms with Gasteiger partial charge in [0.25, 0.3) is 5.56 Å². The minimum atomic E-state index is -0.387.